The monoisotopic (exact) mass is 466 g/mol. The number of fused-ring (bicyclic) bond motifs is 1. The summed E-state index contributed by atoms with van der Waals surface area (Å²) in [5.41, 5.74) is 0.826. The molecule has 1 N–H and O–H groups in total. The lowest BCUT2D eigenvalue weighted by Crippen LogP contribution is -2.39. The summed E-state index contributed by atoms with van der Waals surface area (Å²) in [5, 5.41) is 3.37. The van der Waals surface area contributed by atoms with Crippen molar-refractivity contribution >= 4 is 34.3 Å². The molecule has 1 aliphatic rings. The van der Waals surface area contributed by atoms with E-state index in [1.807, 2.05) is 17.0 Å². The van der Waals surface area contributed by atoms with Gasteiger partial charge in [-0.1, -0.05) is 18.2 Å². The molecule has 0 saturated carbocycles. The molecule has 0 unspecified atom stereocenters. The number of carbonyl (C=O) groups is 2. The number of anilines is 2. The molecule has 2 heterocycles. The van der Waals surface area contributed by atoms with Gasteiger partial charge in [-0.2, -0.15) is 4.98 Å². The van der Waals surface area contributed by atoms with Crippen LogP contribution in [0, 0.1) is 18.7 Å². The molecule has 0 bridgehead atoms. The number of nitrogens with zero attached hydrogens (tertiary/aromatic N) is 3. The van der Waals surface area contributed by atoms with Crippen molar-refractivity contribution in [1.29, 1.82) is 0 Å². The molecule has 0 radical (unpaired) electrons. The molecular weight excluding hydrogens is 439 g/mol. The Hall–Kier alpha value is -3.75. The minimum atomic E-state index is -0.550. The van der Waals surface area contributed by atoms with Crippen LogP contribution in [0.15, 0.2) is 47.3 Å². The molecule has 8 nitrogen and oxygen atoms in total. The van der Waals surface area contributed by atoms with Crippen LogP contribution in [0.3, 0.4) is 0 Å². The number of carbonyl (C=O) groups excluding carboxylic acids is 2. The van der Waals surface area contributed by atoms with Crippen molar-refractivity contribution in [3.05, 3.63) is 64.3 Å². The van der Waals surface area contributed by atoms with E-state index in [0.717, 1.165) is 5.39 Å². The largest absolute Gasteiger partial charge is 0.466 e. The standard InChI is InChI=1S/C25H27FN4O4/c1-3-34-24(32)17-10-12-29(13-11-17)23-19-6-4-5-7-21(19)30(25(33)28-23)15-22(31)27-18-9-8-16(2)20(26)14-18/h4-9,14,17H,3,10-13,15H2,1-2H3,(H,27,31). The van der Waals surface area contributed by atoms with E-state index in [0.29, 0.717) is 55.1 Å². The van der Waals surface area contributed by atoms with Crippen molar-refractivity contribution in [3.8, 4) is 0 Å². The second-order valence-electron chi connectivity index (χ2n) is 8.35. The molecule has 1 saturated heterocycles. The normalized spacial score (nSPS) is 14.3. The number of esters is 1. The maximum Gasteiger partial charge on any atom is 0.350 e. The van der Waals surface area contributed by atoms with Crippen LogP contribution in [0.4, 0.5) is 15.9 Å². The van der Waals surface area contributed by atoms with Gasteiger partial charge in [0.1, 0.15) is 18.2 Å². The van der Waals surface area contributed by atoms with Crippen molar-refractivity contribution in [2.75, 3.05) is 29.9 Å². The molecule has 1 aromatic heterocycles. The van der Waals surface area contributed by atoms with E-state index in [-0.39, 0.29) is 18.4 Å². The lowest BCUT2D eigenvalue weighted by molar-refractivity contribution is -0.148. The Bertz CT molecular complexity index is 1280. The average molecular weight is 467 g/mol. The number of benzene rings is 2. The summed E-state index contributed by atoms with van der Waals surface area (Å²) >= 11 is 0. The zero-order chi connectivity index (χ0) is 24.2. The third-order valence-corrected chi connectivity index (χ3v) is 6.04. The predicted molar refractivity (Wildman–Crippen MR) is 127 cm³/mol. The zero-order valence-corrected chi connectivity index (χ0v) is 19.2. The molecule has 1 fully saturated rings. The highest BCUT2D eigenvalue weighted by Crippen LogP contribution is 2.28. The molecule has 34 heavy (non-hydrogen) atoms. The van der Waals surface area contributed by atoms with Crippen LogP contribution >= 0.6 is 0 Å². The number of para-hydroxylation sites is 1. The number of aryl methyl sites for hydroxylation is 1. The number of aromatic nitrogens is 2. The number of hydrogen-bond acceptors (Lipinski definition) is 6. The third-order valence-electron chi connectivity index (χ3n) is 6.04. The predicted octanol–water partition coefficient (Wildman–Crippen LogP) is 3.26. The lowest BCUT2D eigenvalue weighted by Gasteiger charge is -2.32. The summed E-state index contributed by atoms with van der Waals surface area (Å²) in [6.07, 6.45) is 1.24. The van der Waals surface area contributed by atoms with Crippen molar-refractivity contribution in [2.45, 2.75) is 33.2 Å². The fourth-order valence-electron chi connectivity index (χ4n) is 4.21. The van der Waals surface area contributed by atoms with E-state index in [4.69, 9.17) is 4.74 Å². The van der Waals surface area contributed by atoms with Gasteiger partial charge in [0.2, 0.25) is 5.91 Å². The van der Waals surface area contributed by atoms with Gasteiger partial charge in [-0.05, 0) is 56.5 Å². The Morgan fingerprint density at radius 2 is 1.91 bits per heavy atom. The Kier molecular flexibility index (Phi) is 6.90. The Labute approximate surface area is 196 Å². The van der Waals surface area contributed by atoms with Crippen molar-refractivity contribution in [3.63, 3.8) is 0 Å². The van der Waals surface area contributed by atoms with Gasteiger partial charge in [0.05, 0.1) is 18.0 Å². The number of piperidine rings is 1. The summed E-state index contributed by atoms with van der Waals surface area (Å²) in [7, 11) is 0. The second-order valence-corrected chi connectivity index (χ2v) is 8.35. The van der Waals surface area contributed by atoms with Crippen LogP contribution < -0.4 is 15.9 Å². The number of halogens is 1. The van der Waals surface area contributed by atoms with Crippen LogP contribution in [0.25, 0.3) is 10.9 Å². The van der Waals surface area contributed by atoms with Crippen LogP contribution in [-0.2, 0) is 20.9 Å². The molecule has 0 atom stereocenters. The van der Waals surface area contributed by atoms with Crippen molar-refractivity contribution < 1.29 is 18.7 Å². The molecule has 0 spiro atoms. The van der Waals surface area contributed by atoms with Gasteiger partial charge < -0.3 is 15.0 Å². The minimum absolute atomic E-state index is 0.154. The molecule has 4 rings (SSSR count). The molecule has 1 amide bonds. The Morgan fingerprint density at radius 1 is 1.18 bits per heavy atom. The SMILES string of the molecule is CCOC(=O)C1CCN(c2nc(=O)n(CC(=O)Nc3ccc(C)c(F)c3)c3ccccc23)CC1. The molecule has 2 aromatic carbocycles. The first-order valence-electron chi connectivity index (χ1n) is 11.3. The van der Waals surface area contributed by atoms with E-state index >= 15 is 0 Å². The topological polar surface area (TPSA) is 93.5 Å². The number of hydrogen-bond donors (Lipinski definition) is 1. The van der Waals surface area contributed by atoms with Gasteiger partial charge in [-0.3, -0.25) is 14.2 Å². The van der Waals surface area contributed by atoms with Crippen LogP contribution in [-0.4, -0.2) is 41.1 Å². The van der Waals surface area contributed by atoms with Gasteiger partial charge in [0, 0.05) is 24.2 Å². The van der Waals surface area contributed by atoms with Gasteiger partial charge in [-0.25, -0.2) is 9.18 Å². The summed E-state index contributed by atoms with van der Waals surface area (Å²) in [6, 6.07) is 11.7. The fraction of sp³-hybridized carbons (Fsp3) is 0.360. The number of ether oxygens (including phenoxy) is 1. The number of rotatable bonds is 6. The second kappa shape index (κ2) is 10.0. The lowest BCUT2D eigenvalue weighted by atomic mass is 9.97. The van der Waals surface area contributed by atoms with E-state index in [1.54, 1.807) is 38.1 Å². The zero-order valence-electron chi connectivity index (χ0n) is 19.2. The molecule has 1 aliphatic heterocycles. The van der Waals surface area contributed by atoms with Crippen LogP contribution in [0.5, 0.6) is 0 Å². The summed E-state index contributed by atoms with van der Waals surface area (Å²) in [5.74, 6) is -0.674. The van der Waals surface area contributed by atoms with Crippen molar-refractivity contribution in [2.24, 2.45) is 5.92 Å². The highest BCUT2D eigenvalue weighted by atomic mass is 19.1. The maximum atomic E-state index is 13.8. The van der Waals surface area contributed by atoms with E-state index < -0.39 is 17.4 Å². The molecule has 9 heteroatoms. The minimum Gasteiger partial charge on any atom is -0.466 e. The molecule has 178 valence electrons. The summed E-state index contributed by atoms with van der Waals surface area (Å²) < 4.78 is 20.3. The molecule has 3 aromatic rings. The fourth-order valence-corrected chi connectivity index (χ4v) is 4.21. The first kappa shape index (κ1) is 23.4. The van der Waals surface area contributed by atoms with E-state index in [1.165, 1.54) is 10.6 Å². The Morgan fingerprint density at radius 3 is 2.62 bits per heavy atom. The molecular formula is C25H27FN4O4. The quantitative estimate of drug-likeness (QED) is 0.561. The van der Waals surface area contributed by atoms with Gasteiger partial charge in [-0.15, -0.1) is 0 Å². The van der Waals surface area contributed by atoms with Crippen molar-refractivity contribution in [1.82, 2.24) is 9.55 Å². The molecule has 0 aliphatic carbocycles. The maximum absolute atomic E-state index is 13.8. The van der Waals surface area contributed by atoms with Crippen LogP contribution in [0.2, 0.25) is 0 Å². The number of nitrogens with one attached hydrogen (secondary N) is 1. The highest BCUT2D eigenvalue weighted by molar-refractivity contribution is 5.94. The van der Waals surface area contributed by atoms with Gasteiger partial charge in [0.25, 0.3) is 0 Å². The summed E-state index contributed by atoms with van der Waals surface area (Å²) in [4.78, 5) is 43.9. The first-order chi connectivity index (χ1) is 16.4. The van der Waals surface area contributed by atoms with Gasteiger partial charge >= 0.3 is 11.7 Å². The average Bonchev–Trinajstić information content (AvgIpc) is 2.83. The third kappa shape index (κ3) is 4.93. The summed E-state index contributed by atoms with van der Waals surface area (Å²) in [6.45, 7) is 4.67. The smallest absolute Gasteiger partial charge is 0.350 e. The Balaban J connectivity index is 1.56. The first-order valence-corrected chi connectivity index (χ1v) is 11.3. The van der Waals surface area contributed by atoms with E-state index in [2.05, 4.69) is 10.3 Å². The van der Waals surface area contributed by atoms with Gasteiger partial charge in [0.15, 0.2) is 0 Å². The number of amides is 1. The highest BCUT2D eigenvalue weighted by Gasteiger charge is 2.28. The van der Waals surface area contributed by atoms with Crippen LogP contribution in [0.1, 0.15) is 25.3 Å². The van der Waals surface area contributed by atoms with E-state index in [9.17, 15) is 18.8 Å².